The zero-order valence-electron chi connectivity index (χ0n) is 15.0. The molecule has 1 aliphatic carbocycles. The van der Waals surface area contributed by atoms with Gasteiger partial charge in [0.25, 0.3) is 5.56 Å². The van der Waals surface area contributed by atoms with Crippen molar-refractivity contribution in [2.75, 3.05) is 19.7 Å². The minimum absolute atomic E-state index is 0.0891. The van der Waals surface area contributed by atoms with Crippen LogP contribution >= 0.6 is 0 Å². The molecule has 2 heterocycles. The molecule has 4 rings (SSSR count). The van der Waals surface area contributed by atoms with E-state index in [0.717, 1.165) is 18.4 Å². The number of fused-ring (bicyclic) bond motifs is 1. The molecule has 2 aliphatic rings. The van der Waals surface area contributed by atoms with E-state index in [4.69, 9.17) is 4.74 Å². The van der Waals surface area contributed by atoms with E-state index in [1.54, 1.807) is 6.92 Å². The van der Waals surface area contributed by atoms with Gasteiger partial charge in [-0.25, -0.2) is 4.98 Å². The van der Waals surface area contributed by atoms with Crippen molar-refractivity contribution < 1.29 is 9.53 Å². The first kappa shape index (κ1) is 17.0. The van der Waals surface area contributed by atoms with Crippen molar-refractivity contribution in [2.24, 2.45) is 0 Å². The SMILES string of the molecule is Cc1cc(=O)[nH]c([C@H]2CN(C(=O)Cc3ccc4c(c3)CCC4)CCO2)n1. The lowest BCUT2D eigenvalue weighted by Crippen LogP contribution is -2.43. The number of carbonyl (C=O) groups is 1. The van der Waals surface area contributed by atoms with E-state index < -0.39 is 0 Å². The molecule has 2 aromatic rings. The molecule has 1 fully saturated rings. The second-order valence-electron chi connectivity index (χ2n) is 7.10. The molecular formula is C20H23N3O3. The van der Waals surface area contributed by atoms with Gasteiger partial charge in [-0.1, -0.05) is 18.2 Å². The van der Waals surface area contributed by atoms with Gasteiger partial charge in [-0.3, -0.25) is 9.59 Å². The largest absolute Gasteiger partial charge is 0.367 e. The number of hydrogen-bond donors (Lipinski definition) is 1. The summed E-state index contributed by atoms with van der Waals surface area (Å²) in [4.78, 5) is 33.3. The molecule has 1 aromatic carbocycles. The van der Waals surface area contributed by atoms with Crippen LogP contribution in [-0.4, -0.2) is 40.5 Å². The van der Waals surface area contributed by atoms with Crippen LogP contribution < -0.4 is 5.56 Å². The number of benzene rings is 1. The number of hydrogen-bond acceptors (Lipinski definition) is 4. The van der Waals surface area contributed by atoms with E-state index in [-0.39, 0.29) is 17.6 Å². The molecule has 1 N–H and O–H groups in total. The zero-order chi connectivity index (χ0) is 18.1. The highest BCUT2D eigenvalue weighted by atomic mass is 16.5. The molecule has 1 aromatic heterocycles. The van der Waals surface area contributed by atoms with Gasteiger partial charge in [0, 0.05) is 18.3 Å². The molecule has 0 bridgehead atoms. The smallest absolute Gasteiger partial charge is 0.251 e. The highest BCUT2D eigenvalue weighted by Crippen LogP contribution is 2.24. The third-order valence-corrected chi connectivity index (χ3v) is 5.13. The third kappa shape index (κ3) is 3.55. The van der Waals surface area contributed by atoms with Crippen molar-refractivity contribution in [1.82, 2.24) is 14.9 Å². The van der Waals surface area contributed by atoms with Crippen LogP contribution in [-0.2, 0) is 28.8 Å². The Morgan fingerprint density at radius 3 is 3.00 bits per heavy atom. The van der Waals surface area contributed by atoms with Crippen molar-refractivity contribution in [1.29, 1.82) is 0 Å². The van der Waals surface area contributed by atoms with Crippen LogP contribution in [0.4, 0.5) is 0 Å². The Bertz CT molecular complexity index is 890. The summed E-state index contributed by atoms with van der Waals surface area (Å²) >= 11 is 0. The second kappa shape index (κ2) is 7.03. The van der Waals surface area contributed by atoms with Crippen LogP contribution in [0.25, 0.3) is 0 Å². The number of ether oxygens (including phenoxy) is 1. The minimum atomic E-state index is -0.389. The molecule has 0 spiro atoms. The van der Waals surface area contributed by atoms with E-state index in [1.807, 2.05) is 4.90 Å². The standard InChI is InChI=1S/C20H23N3O3/c1-13-9-18(24)22-20(21-13)17-12-23(7-8-26-17)19(25)11-14-5-6-15-3-2-4-16(15)10-14/h5-6,9-10,17H,2-4,7-8,11-12H2,1H3,(H,21,22,24)/t17-/m1/s1. The number of aromatic nitrogens is 2. The third-order valence-electron chi connectivity index (χ3n) is 5.13. The first-order chi connectivity index (χ1) is 12.6. The van der Waals surface area contributed by atoms with Gasteiger partial charge in [-0.05, 0) is 42.9 Å². The van der Waals surface area contributed by atoms with Crippen LogP contribution in [0, 0.1) is 6.92 Å². The fourth-order valence-electron chi connectivity index (χ4n) is 3.82. The molecule has 6 heteroatoms. The quantitative estimate of drug-likeness (QED) is 0.911. The van der Waals surface area contributed by atoms with E-state index >= 15 is 0 Å². The van der Waals surface area contributed by atoms with Crippen molar-refractivity contribution in [2.45, 2.75) is 38.7 Å². The predicted molar refractivity (Wildman–Crippen MR) is 97.0 cm³/mol. The Hall–Kier alpha value is -2.47. The molecule has 26 heavy (non-hydrogen) atoms. The predicted octanol–water partition coefficient (Wildman–Crippen LogP) is 1.71. The molecule has 136 valence electrons. The number of morpholine rings is 1. The summed E-state index contributed by atoms with van der Waals surface area (Å²) in [6.45, 7) is 3.20. The van der Waals surface area contributed by atoms with Crippen molar-refractivity contribution in [3.05, 3.63) is 62.8 Å². The molecule has 1 saturated heterocycles. The number of carbonyl (C=O) groups excluding carboxylic acids is 1. The summed E-state index contributed by atoms with van der Waals surface area (Å²) in [5.41, 5.74) is 4.33. The number of nitrogens with one attached hydrogen (secondary N) is 1. The first-order valence-electron chi connectivity index (χ1n) is 9.16. The summed E-state index contributed by atoms with van der Waals surface area (Å²) in [6, 6.07) is 7.86. The molecule has 1 aliphatic heterocycles. The van der Waals surface area contributed by atoms with Gasteiger partial charge in [0.1, 0.15) is 11.9 Å². The Balaban J connectivity index is 1.45. The number of aryl methyl sites for hydroxylation is 3. The summed E-state index contributed by atoms with van der Waals surface area (Å²) in [5, 5.41) is 0. The van der Waals surface area contributed by atoms with Gasteiger partial charge in [-0.15, -0.1) is 0 Å². The summed E-state index contributed by atoms with van der Waals surface area (Å²) < 4.78 is 5.74. The Kier molecular flexibility index (Phi) is 4.59. The average molecular weight is 353 g/mol. The molecule has 0 radical (unpaired) electrons. The number of amides is 1. The zero-order valence-corrected chi connectivity index (χ0v) is 15.0. The number of nitrogens with zero attached hydrogens (tertiary/aromatic N) is 2. The van der Waals surface area contributed by atoms with E-state index in [0.29, 0.717) is 37.6 Å². The maximum absolute atomic E-state index is 12.8. The number of H-pyrrole nitrogens is 1. The second-order valence-corrected chi connectivity index (χ2v) is 7.10. The van der Waals surface area contributed by atoms with Gasteiger partial charge >= 0.3 is 0 Å². The lowest BCUT2D eigenvalue weighted by molar-refractivity contribution is -0.138. The van der Waals surface area contributed by atoms with Crippen molar-refractivity contribution in [3.8, 4) is 0 Å². The van der Waals surface area contributed by atoms with Crippen LogP contribution in [0.5, 0.6) is 0 Å². The molecule has 6 nitrogen and oxygen atoms in total. The Morgan fingerprint density at radius 2 is 2.15 bits per heavy atom. The fraction of sp³-hybridized carbons (Fsp3) is 0.450. The van der Waals surface area contributed by atoms with Gasteiger partial charge in [-0.2, -0.15) is 0 Å². The van der Waals surface area contributed by atoms with Crippen molar-refractivity contribution in [3.63, 3.8) is 0 Å². The maximum atomic E-state index is 12.8. The molecule has 0 saturated carbocycles. The normalized spacial score (nSPS) is 19.4. The summed E-state index contributed by atoms with van der Waals surface area (Å²) in [5.74, 6) is 0.580. The van der Waals surface area contributed by atoms with Gasteiger partial charge < -0.3 is 14.6 Å². The molecular weight excluding hydrogens is 330 g/mol. The molecule has 0 unspecified atom stereocenters. The van der Waals surface area contributed by atoms with Crippen LogP contribution in [0.3, 0.4) is 0 Å². The number of rotatable bonds is 3. The van der Waals surface area contributed by atoms with Gasteiger partial charge in [0.05, 0.1) is 19.6 Å². The van der Waals surface area contributed by atoms with Gasteiger partial charge in [0.2, 0.25) is 5.91 Å². The highest BCUT2D eigenvalue weighted by Gasteiger charge is 2.27. The van der Waals surface area contributed by atoms with Gasteiger partial charge in [0.15, 0.2) is 0 Å². The summed E-state index contributed by atoms with van der Waals surface area (Å²) in [7, 11) is 0. The Labute approximate surface area is 152 Å². The van der Waals surface area contributed by atoms with E-state index in [2.05, 4.69) is 28.2 Å². The van der Waals surface area contributed by atoms with Crippen molar-refractivity contribution >= 4 is 5.91 Å². The minimum Gasteiger partial charge on any atom is -0.367 e. The van der Waals surface area contributed by atoms with Crippen LogP contribution in [0.15, 0.2) is 29.1 Å². The van der Waals surface area contributed by atoms with E-state index in [1.165, 1.54) is 23.6 Å². The lowest BCUT2D eigenvalue weighted by Gasteiger charge is -2.32. The van der Waals surface area contributed by atoms with Crippen LogP contribution in [0.2, 0.25) is 0 Å². The van der Waals surface area contributed by atoms with Crippen LogP contribution in [0.1, 0.15) is 40.7 Å². The molecule has 1 amide bonds. The first-order valence-corrected chi connectivity index (χ1v) is 9.16. The fourth-order valence-corrected chi connectivity index (χ4v) is 3.82. The number of aromatic amines is 1. The lowest BCUT2D eigenvalue weighted by atomic mass is 10.0. The monoisotopic (exact) mass is 353 g/mol. The van der Waals surface area contributed by atoms with E-state index in [9.17, 15) is 9.59 Å². The topological polar surface area (TPSA) is 75.3 Å². The summed E-state index contributed by atoms with van der Waals surface area (Å²) in [6.07, 6.45) is 3.48. The highest BCUT2D eigenvalue weighted by molar-refractivity contribution is 5.79. The molecule has 1 atom stereocenters. The Morgan fingerprint density at radius 1 is 1.31 bits per heavy atom. The maximum Gasteiger partial charge on any atom is 0.251 e. The average Bonchev–Trinajstić information content (AvgIpc) is 3.09.